The Labute approximate surface area is 57.9 Å². The number of aliphatic hydroxyl groups excluding tert-OH is 1. The predicted octanol–water partition coefficient (Wildman–Crippen LogP) is -0.129. The maximum absolute atomic E-state index is 11.1. The van der Waals surface area contributed by atoms with E-state index in [0.29, 0.717) is 13.0 Å². The monoisotopic (exact) mass is 195 g/mol. The van der Waals surface area contributed by atoms with Crippen molar-refractivity contribution >= 4 is 13.5 Å². The van der Waals surface area contributed by atoms with Crippen LogP contribution in [0.15, 0.2) is 0 Å². The Morgan fingerprint density at radius 2 is 2.11 bits per heavy atom. The first-order valence-electron chi connectivity index (χ1n) is 2.91. The van der Waals surface area contributed by atoms with E-state index >= 15 is 0 Å². The minimum atomic E-state index is -2.86. The minimum absolute atomic E-state index is 0.411. The van der Waals surface area contributed by atoms with Crippen LogP contribution in [0, 0.1) is 0 Å². The summed E-state index contributed by atoms with van der Waals surface area (Å²) in [4.78, 5) is -0.645. The summed E-state index contributed by atoms with van der Waals surface area (Å²) in [5.41, 5.74) is 8.40. The van der Waals surface area contributed by atoms with E-state index < -0.39 is 18.4 Å². The Morgan fingerprint density at radius 1 is 1.67 bits per heavy atom. The van der Waals surface area contributed by atoms with Crippen LogP contribution in [0.1, 0.15) is 6.42 Å². The number of nitrogens with two attached hydrogens (primary N) is 1. The van der Waals surface area contributed by atoms with Gasteiger partial charge < -0.3 is 0 Å². The molecule has 0 heterocycles. The third kappa shape index (κ3) is 3.79. The molecule has 0 saturated carbocycles. The van der Waals surface area contributed by atoms with Gasteiger partial charge in [0.15, 0.2) is 0 Å². The van der Waals surface area contributed by atoms with E-state index in [2.05, 4.69) is 0 Å². The molecule has 0 aromatic rings. The standard InChI is InChI=1S/C5H14AsNO2/c1-6(2,9)5(8)3-4-7/h5,8H,3-4,7H2,1-2H3. The maximum atomic E-state index is 11.1. The molecule has 0 fully saturated rings. The Balaban J connectivity index is 3.74. The van der Waals surface area contributed by atoms with Crippen LogP contribution in [-0.4, -0.2) is 30.0 Å². The number of hydrogen-bond donors (Lipinski definition) is 2. The average Bonchev–Trinajstić information content (AvgIpc) is 1.64. The van der Waals surface area contributed by atoms with Crippen LogP contribution < -0.4 is 5.73 Å². The fraction of sp³-hybridized carbons (Fsp3) is 1.00. The first kappa shape index (κ1) is 9.28. The van der Waals surface area contributed by atoms with E-state index in [0.717, 1.165) is 0 Å². The summed E-state index contributed by atoms with van der Waals surface area (Å²) in [5, 5.41) is 9.07. The van der Waals surface area contributed by atoms with Gasteiger partial charge in [-0.15, -0.1) is 0 Å². The zero-order valence-electron chi connectivity index (χ0n) is 5.87. The van der Waals surface area contributed by atoms with Gasteiger partial charge in [-0.05, 0) is 0 Å². The van der Waals surface area contributed by atoms with E-state index in [-0.39, 0.29) is 0 Å². The topological polar surface area (TPSA) is 63.3 Å². The molecule has 3 nitrogen and oxygen atoms in total. The van der Waals surface area contributed by atoms with Crippen molar-refractivity contribution in [3.05, 3.63) is 0 Å². The molecule has 0 aliphatic carbocycles. The average molecular weight is 195 g/mol. The van der Waals surface area contributed by atoms with Gasteiger partial charge in [0, 0.05) is 0 Å². The Bertz CT molecular complexity index is 120. The Hall–Kier alpha value is 0.278. The SMILES string of the molecule is C[As](C)(=O)C(O)CCN. The van der Waals surface area contributed by atoms with Crippen molar-refractivity contribution in [2.45, 2.75) is 22.7 Å². The van der Waals surface area contributed by atoms with Crippen molar-refractivity contribution in [2.75, 3.05) is 6.54 Å². The second kappa shape index (κ2) is 3.45. The normalized spacial score (nSPS) is 15.6. The van der Waals surface area contributed by atoms with Crippen molar-refractivity contribution in [1.29, 1.82) is 0 Å². The van der Waals surface area contributed by atoms with Gasteiger partial charge in [-0.2, -0.15) is 0 Å². The molecule has 9 heavy (non-hydrogen) atoms. The zero-order chi connectivity index (χ0) is 7.49. The van der Waals surface area contributed by atoms with E-state index in [1.165, 1.54) is 0 Å². The molecule has 4 heteroatoms. The summed E-state index contributed by atoms with van der Waals surface area (Å²) in [5.74, 6) is 0. The molecule has 0 aliphatic rings. The van der Waals surface area contributed by atoms with Crippen molar-refractivity contribution < 1.29 is 8.85 Å². The van der Waals surface area contributed by atoms with Crippen LogP contribution in [-0.2, 0) is 3.74 Å². The molecule has 0 bridgehead atoms. The second-order valence-corrected chi connectivity index (χ2v) is 9.76. The Kier molecular flexibility index (Phi) is 3.55. The van der Waals surface area contributed by atoms with Gasteiger partial charge in [0.2, 0.25) is 0 Å². The summed E-state index contributed by atoms with van der Waals surface area (Å²) >= 11 is -2.86. The van der Waals surface area contributed by atoms with Crippen LogP contribution in [0.25, 0.3) is 0 Å². The van der Waals surface area contributed by atoms with E-state index in [1.807, 2.05) is 0 Å². The van der Waals surface area contributed by atoms with Crippen LogP contribution >= 0.6 is 0 Å². The molecule has 0 spiro atoms. The van der Waals surface area contributed by atoms with Gasteiger partial charge in [-0.25, -0.2) is 0 Å². The Morgan fingerprint density at radius 3 is 2.22 bits per heavy atom. The first-order valence-corrected chi connectivity index (χ1v) is 8.51. The predicted molar refractivity (Wildman–Crippen MR) is 37.8 cm³/mol. The van der Waals surface area contributed by atoms with Crippen molar-refractivity contribution in [1.82, 2.24) is 0 Å². The van der Waals surface area contributed by atoms with Crippen molar-refractivity contribution in [3.8, 4) is 0 Å². The molecule has 0 aliphatic heterocycles. The van der Waals surface area contributed by atoms with Crippen molar-refractivity contribution in [3.63, 3.8) is 0 Å². The van der Waals surface area contributed by atoms with Gasteiger partial charge in [0.1, 0.15) is 0 Å². The zero-order valence-corrected chi connectivity index (χ0v) is 7.75. The van der Waals surface area contributed by atoms with E-state index in [1.54, 1.807) is 11.4 Å². The summed E-state index contributed by atoms with van der Waals surface area (Å²) in [6.07, 6.45) is 0.462. The molecule has 0 aromatic heterocycles. The van der Waals surface area contributed by atoms with Gasteiger partial charge in [0.05, 0.1) is 0 Å². The van der Waals surface area contributed by atoms with Gasteiger partial charge in [0.25, 0.3) is 0 Å². The van der Waals surface area contributed by atoms with Crippen LogP contribution in [0.5, 0.6) is 0 Å². The first-order chi connectivity index (χ1) is 3.98. The fourth-order valence-corrected chi connectivity index (χ4v) is 2.08. The summed E-state index contributed by atoms with van der Waals surface area (Å²) in [7, 11) is 0. The molecule has 1 unspecified atom stereocenters. The molecule has 0 saturated heterocycles. The third-order valence-corrected chi connectivity index (χ3v) is 4.70. The van der Waals surface area contributed by atoms with Crippen LogP contribution in [0.2, 0.25) is 11.4 Å². The summed E-state index contributed by atoms with van der Waals surface area (Å²) in [6, 6.07) is 0. The van der Waals surface area contributed by atoms with Gasteiger partial charge in [-0.1, -0.05) is 0 Å². The van der Waals surface area contributed by atoms with E-state index in [4.69, 9.17) is 10.8 Å². The fourth-order valence-electron chi connectivity index (χ4n) is 0.460. The quantitative estimate of drug-likeness (QED) is 0.616. The van der Waals surface area contributed by atoms with Gasteiger partial charge in [-0.3, -0.25) is 0 Å². The number of hydrogen-bond acceptors (Lipinski definition) is 3. The van der Waals surface area contributed by atoms with Crippen molar-refractivity contribution in [2.24, 2.45) is 5.73 Å². The molecule has 0 aromatic carbocycles. The summed E-state index contributed by atoms with van der Waals surface area (Å²) in [6.45, 7) is 0.411. The second-order valence-electron chi connectivity index (χ2n) is 2.49. The molecule has 0 rings (SSSR count). The molecule has 0 radical (unpaired) electrons. The third-order valence-electron chi connectivity index (χ3n) is 1.14. The number of rotatable bonds is 3. The van der Waals surface area contributed by atoms with Gasteiger partial charge >= 0.3 is 57.3 Å². The number of aliphatic hydroxyl groups is 1. The molecule has 3 N–H and O–H groups in total. The molecule has 1 atom stereocenters. The van der Waals surface area contributed by atoms with E-state index in [9.17, 15) is 3.74 Å². The molecular weight excluding hydrogens is 181 g/mol. The van der Waals surface area contributed by atoms with Crippen LogP contribution in [0.4, 0.5) is 0 Å². The summed E-state index contributed by atoms with van der Waals surface area (Å²) < 4.78 is 11.1. The van der Waals surface area contributed by atoms with Crippen LogP contribution in [0.3, 0.4) is 0 Å². The molecule has 0 amide bonds. The molecule has 56 valence electrons. The molecular formula is C5H14AsNO2.